The molecule has 3 N–H and O–H groups in total. The smallest absolute Gasteiger partial charge is 0.243 e. The molecule has 4 atom stereocenters. The molecule has 2 aliphatic heterocycles. The average molecular weight is 655 g/mol. The number of rotatable bonds is 12. The first-order valence-electron chi connectivity index (χ1n) is 16.1. The van der Waals surface area contributed by atoms with E-state index in [0.29, 0.717) is 56.8 Å². The Bertz CT molecular complexity index is 1550. The molecule has 11 heteroatoms. The predicted molar refractivity (Wildman–Crippen MR) is 175 cm³/mol. The summed E-state index contributed by atoms with van der Waals surface area (Å²) < 4.78 is 63.5. The molecule has 0 spiro atoms. The average Bonchev–Trinajstić information content (AvgIpc) is 3.06. The van der Waals surface area contributed by atoms with Crippen LogP contribution in [0.2, 0.25) is 0 Å². The molecule has 0 bridgehead atoms. The van der Waals surface area contributed by atoms with E-state index in [2.05, 4.69) is 16.0 Å². The van der Waals surface area contributed by atoms with Crippen LogP contribution in [0.25, 0.3) is 0 Å². The highest BCUT2D eigenvalue weighted by molar-refractivity contribution is 7.89. The van der Waals surface area contributed by atoms with Gasteiger partial charge in [0, 0.05) is 55.6 Å². The molecule has 3 aromatic carbocycles. The van der Waals surface area contributed by atoms with E-state index in [1.165, 1.54) is 18.2 Å². The van der Waals surface area contributed by atoms with E-state index in [1.807, 2.05) is 6.92 Å². The van der Waals surface area contributed by atoms with E-state index < -0.39 is 21.9 Å². The van der Waals surface area contributed by atoms with Gasteiger partial charge in [-0.25, -0.2) is 17.2 Å². The molecule has 8 nitrogen and oxygen atoms in total. The molecule has 2 fully saturated rings. The molecule has 1 amide bonds. The molecule has 2 saturated heterocycles. The van der Waals surface area contributed by atoms with Crippen molar-refractivity contribution in [3.05, 3.63) is 95.6 Å². The Morgan fingerprint density at radius 3 is 2.41 bits per heavy atom. The number of nitrogens with one attached hydrogen (secondary N) is 3. The number of nitrogens with zero attached hydrogens (tertiary/aromatic N) is 1. The second kappa shape index (κ2) is 15.6. The van der Waals surface area contributed by atoms with Crippen molar-refractivity contribution in [1.82, 2.24) is 14.9 Å². The predicted octanol–water partition coefficient (Wildman–Crippen LogP) is 5.08. The van der Waals surface area contributed by atoms with Gasteiger partial charge in [0.1, 0.15) is 11.6 Å². The fraction of sp³-hybridized carbons (Fsp3) is 0.457. The van der Waals surface area contributed by atoms with Crippen LogP contribution in [0, 0.1) is 17.6 Å². The Morgan fingerprint density at radius 2 is 1.72 bits per heavy atom. The molecule has 5 rings (SSSR count). The van der Waals surface area contributed by atoms with Crippen molar-refractivity contribution in [2.24, 2.45) is 5.92 Å². The maximum Gasteiger partial charge on any atom is 0.243 e. The quantitative estimate of drug-likeness (QED) is 0.252. The summed E-state index contributed by atoms with van der Waals surface area (Å²) in [6.45, 7) is 4.12. The Morgan fingerprint density at radius 1 is 1.00 bits per heavy atom. The van der Waals surface area contributed by atoms with E-state index in [0.717, 1.165) is 18.4 Å². The Hall–Kier alpha value is -3.22. The van der Waals surface area contributed by atoms with Gasteiger partial charge in [-0.15, -0.1) is 0 Å². The zero-order valence-electron chi connectivity index (χ0n) is 26.4. The van der Waals surface area contributed by atoms with Crippen molar-refractivity contribution >= 4 is 21.6 Å². The van der Waals surface area contributed by atoms with Crippen molar-refractivity contribution < 1.29 is 26.7 Å². The van der Waals surface area contributed by atoms with Crippen molar-refractivity contribution in [3.8, 4) is 0 Å². The standard InChI is InChI=1S/C35H44F2N4O4S/c1-24-22-39-23-28(41(24)46(43,44)29-9-4-3-5-10-29)8-6-11-30-31(37)12-7-13-32(30)40-35(42)34(38-2)33(26-18-20-45-21-19-26)25-14-16-27(36)17-15-25/h3-5,7,9-10,12-17,24,26,28,33-34,38-39H,6,8,11,18-23H2,1-2H3,(H,40,42). The van der Waals surface area contributed by atoms with Crippen molar-refractivity contribution in [1.29, 1.82) is 0 Å². The zero-order chi connectivity index (χ0) is 32.7. The molecular formula is C35H44F2N4O4S. The van der Waals surface area contributed by atoms with Crippen molar-refractivity contribution in [2.45, 2.75) is 68.0 Å². The number of carbonyl (C=O) groups excluding carboxylic acids is 1. The number of benzene rings is 3. The Labute approximate surface area is 271 Å². The summed E-state index contributed by atoms with van der Waals surface area (Å²) in [5.41, 5.74) is 1.62. The van der Waals surface area contributed by atoms with Crippen LogP contribution in [0.15, 0.2) is 77.7 Å². The number of halogens is 2. The van der Waals surface area contributed by atoms with Crippen LogP contribution in [-0.2, 0) is 26.0 Å². The fourth-order valence-electron chi connectivity index (χ4n) is 7.00. The number of hydrogen-bond donors (Lipinski definition) is 3. The lowest BCUT2D eigenvalue weighted by atomic mass is 9.76. The minimum atomic E-state index is -3.72. The number of sulfonamides is 1. The molecule has 248 valence electrons. The second-order valence-electron chi connectivity index (χ2n) is 12.3. The maximum atomic E-state index is 15.3. The van der Waals surface area contributed by atoms with Gasteiger partial charge >= 0.3 is 0 Å². The molecule has 0 radical (unpaired) electrons. The van der Waals surface area contributed by atoms with Crippen LogP contribution in [0.5, 0.6) is 0 Å². The van der Waals surface area contributed by atoms with Crippen LogP contribution in [0.1, 0.15) is 49.7 Å². The largest absolute Gasteiger partial charge is 0.381 e. The molecule has 4 unspecified atom stereocenters. The molecule has 0 aliphatic carbocycles. The molecule has 46 heavy (non-hydrogen) atoms. The highest BCUT2D eigenvalue weighted by Gasteiger charge is 2.38. The maximum absolute atomic E-state index is 15.3. The normalized spacial score (nSPS) is 21.0. The van der Waals surface area contributed by atoms with Gasteiger partial charge in [-0.1, -0.05) is 36.4 Å². The first-order valence-corrected chi connectivity index (χ1v) is 17.5. The van der Waals surface area contributed by atoms with Gasteiger partial charge < -0.3 is 20.7 Å². The van der Waals surface area contributed by atoms with Gasteiger partial charge in [-0.05, 0) is 94.0 Å². The van der Waals surface area contributed by atoms with Gasteiger partial charge in [0.25, 0.3) is 0 Å². The third-order valence-electron chi connectivity index (χ3n) is 9.25. The van der Waals surface area contributed by atoms with E-state index in [9.17, 15) is 17.6 Å². The summed E-state index contributed by atoms with van der Waals surface area (Å²) in [6.07, 6.45) is 2.88. The number of amides is 1. The number of likely N-dealkylation sites (N-methyl/N-ethyl adjacent to an activating group) is 1. The summed E-state index contributed by atoms with van der Waals surface area (Å²) in [5, 5.41) is 9.50. The van der Waals surface area contributed by atoms with Crippen molar-refractivity contribution in [3.63, 3.8) is 0 Å². The fourth-order valence-corrected chi connectivity index (χ4v) is 8.87. The van der Waals surface area contributed by atoms with E-state index in [4.69, 9.17) is 4.74 Å². The summed E-state index contributed by atoms with van der Waals surface area (Å²) in [5.74, 6) is -1.19. The third-order valence-corrected chi connectivity index (χ3v) is 11.3. The first kappa shape index (κ1) is 34.1. The molecule has 2 heterocycles. The van der Waals surface area contributed by atoms with E-state index in [-0.39, 0.29) is 40.5 Å². The number of anilines is 1. The number of piperazine rings is 1. The highest BCUT2D eigenvalue weighted by atomic mass is 32.2. The first-order chi connectivity index (χ1) is 22.2. The van der Waals surface area contributed by atoms with Gasteiger partial charge in [0.2, 0.25) is 15.9 Å². The molecular weight excluding hydrogens is 610 g/mol. The lowest BCUT2D eigenvalue weighted by Gasteiger charge is -2.40. The summed E-state index contributed by atoms with van der Waals surface area (Å²) in [7, 11) is -1.99. The Balaban J connectivity index is 1.32. The minimum Gasteiger partial charge on any atom is -0.381 e. The SMILES string of the molecule is CNC(C(=O)Nc1cccc(F)c1CCCC1CNCC(C)N1S(=O)(=O)c1ccccc1)C(c1ccc(F)cc1)C1CCOCC1. The second-order valence-corrected chi connectivity index (χ2v) is 14.1. The van der Waals surface area contributed by atoms with Crippen LogP contribution in [0.3, 0.4) is 0 Å². The summed E-state index contributed by atoms with van der Waals surface area (Å²) in [6, 6.07) is 18.1. The molecule has 0 saturated carbocycles. The minimum absolute atomic E-state index is 0.135. The van der Waals surface area contributed by atoms with E-state index >= 15 is 4.39 Å². The van der Waals surface area contributed by atoms with Crippen LogP contribution in [-0.4, -0.2) is 70.1 Å². The number of hydrogen-bond acceptors (Lipinski definition) is 6. The Kier molecular flexibility index (Phi) is 11.6. The zero-order valence-corrected chi connectivity index (χ0v) is 27.2. The third kappa shape index (κ3) is 7.83. The van der Waals surface area contributed by atoms with Gasteiger partial charge in [-0.3, -0.25) is 4.79 Å². The van der Waals surface area contributed by atoms with Crippen molar-refractivity contribution in [2.75, 3.05) is 38.7 Å². The van der Waals surface area contributed by atoms with E-state index in [1.54, 1.807) is 66.0 Å². The molecule has 3 aromatic rings. The molecule has 2 aliphatic rings. The van der Waals surface area contributed by atoms with Gasteiger partial charge in [0.15, 0.2) is 0 Å². The topological polar surface area (TPSA) is 99.8 Å². The van der Waals surface area contributed by atoms with Crippen LogP contribution < -0.4 is 16.0 Å². The number of ether oxygens (including phenoxy) is 1. The highest BCUT2D eigenvalue weighted by Crippen LogP contribution is 2.36. The summed E-state index contributed by atoms with van der Waals surface area (Å²) >= 11 is 0. The van der Waals surface area contributed by atoms with Gasteiger partial charge in [-0.2, -0.15) is 4.31 Å². The lowest BCUT2D eigenvalue weighted by Crippen LogP contribution is -2.58. The van der Waals surface area contributed by atoms with Gasteiger partial charge in [0.05, 0.1) is 10.9 Å². The van der Waals surface area contributed by atoms with Crippen LogP contribution in [0.4, 0.5) is 14.5 Å². The summed E-state index contributed by atoms with van der Waals surface area (Å²) in [4.78, 5) is 14.2. The number of carbonyl (C=O) groups is 1. The van der Waals surface area contributed by atoms with Crippen LogP contribution >= 0.6 is 0 Å². The monoisotopic (exact) mass is 654 g/mol. The molecule has 0 aromatic heterocycles. The lowest BCUT2D eigenvalue weighted by molar-refractivity contribution is -0.119.